The van der Waals surface area contributed by atoms with Gasteiger partial charge in [-0.3, -0.25) is 0 Å². The van der Waals surface area contributed by atoms with E-state index in [1.165, 1.54) is 26.4 Å². The third-order valence-corrected chi connectivity index (χ3v) is 4.69. The molecule has 2 rings (SSSR count). The second-order valence-corrected chi connectivity index (χ2v) is 6.84. The molecule has 0 spiro atoms. The lowest BCUT2D eigenvalue weighted by Crippen LogP contribution is -2.35. The Morgan fingerprint density at radius 1 is 1.35 bits per heavy atom. The molecule has 0 aliphatic heterocycles. The Hall–Kier alpha value is -1.09. The standard InChI is InChI=1S/C17H26FNO/c1-17(2)7-6-13(11-19)14(10-17)8-12-4-5-16(20-3)15(18)9-12/h4-5,9,13-14H,6-8,10-11,19H2,1-3H3. The lowest BCUT2D eigenvalue weighted by Gasteiger charge is -2.40. The molecule has 0 heterocycles. The summed E-state index contributed by atoms with van der Waals surface area (Å²) in [6.45, 7) is 5.38. The van der Waals surface area contributed by atoms with Crippen molar-refractivity contribution in [1.29, 1.82) is 0 Å². The van der Waals surface area contributed by atoms with E-state index in [9.17, 15) is 4.39 Å². The Morgan fingerprint density at radius 2 is 2.10 bits per heavy atom. The minimum absolute atomic E-state index is 0.274. The zero-order chi connectivity index (χ0) is 14.8. The molecule has 1 saturated carbocycles. The second kappa shape index (κ2) is 6.13. The summed E-state index contributed by atoms with van der Waals surface area (Å²) in [5.41, 5.74) is 7.34. The van der Waals surface area contributed by atoms with Gasteiger partial charge in [-0.05, 0) is 67.2 Å². The summed E-state index contributed by atoms with van der Waals surface area (Å²) in [6.07, 6.45) is 4.50. The molecule has 1 aliphatic carbocycles. The van der Waals surface area contributed by atoms with Crippen molar-refractivity contribution in [3.8, 4) is 5.75 Å². The van der Waals surface area contributed by atoms with Gasteiger partial charge in [0, 0.05) is 0 Å². The third-order valence-electron chi connectivity index (χ3n) is 4.69. The van der Waals surface area contributed by atoms with Crippen LogP contribution in [0.1, 0.15) is 38.7 Å². The summed E-state index contributed by atoms with van der Waals surface area (Å²) in [6, 6.07) is 5.29. The van der Waals surface area contributed by atoms with Crippen LogP contribution in [-0.2, 0) is 6.42 Å². The van der Waals surface area contributed by atoms with Crippen LogP contribution in [0.15, 0.2) is 18.2 Å². The van der Waals surface area contributed by atoms with E-state index in [1.807, 2.05) is 6.07 Å². The van der Waals surface area contributed by atoms with Gasteiger partial charge in [-0.25, -0.2) is 4.39 Å². The van der Waals surface area contributed by atoms with Crippen molar-refractivity contribution in [3.05, 3.63) is 29.6 Å². The summed E-state index contributed by atoms with van der Waals surface area (Å²) in [5.74, 6) is 1.15. The highest BCUT2D eigenvalue weighted by Gasteiger charge is 2.34. The van der Waals surface area contributed by atoms with Gasteiger partial charge in [-0.15, -0.1) is 0 Å². The van der Waals surface area contributed by atoms with Crippen LogP contribution in [-0.4, -0.2) is 13.7 Å². The number of hydrogen-bond donors (Lipinski definition) is 1. The van der Waals surface area contributed by atoms with Gasteiger partial charge in [0.2, 0.25) is 0 Å². The van der Waals surface area contributed by atoms with E-state index < -0.39 is 0 Å². The number of methoxy groups -OCH3 is 1. The molecule has 0 saturated heterocycles. The molecule has 0 radical (unpaired) electrons. The number of nitrogens with two attached hydrogens (primary N) is 1. The van der Waals surface area contributed by atoms with Crippen LogP contribution in [0.3, 0.4) is 0 Å². The number of halogens is 1. The fourth-order valence-electron chi connectivity index (χ4n) is 3.48. The van der Waals surface area contributed by atoms with Gasteiger partial charge in [0.05, 0.1) is 7.11 Å². The van der Waals surface area contributed by atoms with Crippen LogP contribution in [0.2, 0.25) is 0 Å². The molecule has 2 N–H and O–H groups in total. The summed E-state index contributed by atoms with van der Waals surface area (Å²) in [7, 11) is 1.49. The Bertz CT molecular complexity index is 458. The van der Waals surface area contributed by atoms with Crippen molar-refractivity contribution in [3.63, 3.8) is 0 Å². The van der Waals surface area contributed by atoms with Gasteiger partial charge in [0.15, 0.2) is 11.6 Å². The maximum Gasteiger partial charge on any atom is 0.165 e. The summed E-state index contributed by atoms with van der Waals surface area (Å²) in [5, 5.41) is 0. The molecule has 1 aromatic rings. The fourth-order valence-corrected chi connectivity index (χ4v) is 3.48. The highest BCUT2D eigenvalue weighted by atomic mass is 19.1. The first-order valence-electron chi connectivity index (χ1n) is 7.47. The summed E-state index contributed by atoms with van der Waals surface area (Å²) in [4.78, 5) is 0. The SMILES string of the molecule is COc1ccc(CC2CC(C)(C)CCC2CN)cc1F. The van der Waals surface area contributed by atoms with Gasteiger partial charge in [-0.2, -0.15) is 0 Å². The molecule has 3 heteroatoms. The highest BCUT2D eigenvalue weighted by Crippen LogP contribution is 2.42. The van der Waals surface area contributed by atoms with Crippen molar-refractivity contribution < 1.29 is 9.13 Å². The smallest absolute Gasteiger partial charge is 0.165 e. The van der Waals surface area contributed by atoms with Gasteiger partial charge in [0.1, 0.15) is 0 Å². The molecule has 2 nitrogen and oxygen atoms in total. The van der Waals surface area contributed by atoms with Crippen molar-refractivity contribution in [2.24, 2.45) is 23.0 Å². The minimum atomic E-state index is -0.274. The zero-order valence-corrected chi connectivity index (χ0v) is 12.8. The summed E-state index contributed by atoms with van der Waals surface area (Å²) >= 11 is 0. The molecule has 2 unspecified atom stereocenters. The lowest BCUT2D eigenvalue weighted by molar-refractivity contribution is 0.121. The quantitative estimate of drug-likeness (QED) is 0.910. The van der Waals surface area contributed by atoms with Crippen LogP contribution in [0.5, 0.6) is 5.75 Å². The Balaban J connectivity index is 2.12. The number of benzene rings is 1. The van der Waals surface area contributed by atoms with Crippen molar-refractivity contribution in [2.75, 3.05) is 13.7 Å². The van der Waals surface area contributed by atoms with Crippen LogP contribution in [0, 0.1) is 23.1 Å². The normalized spacial score (nSPS) is 25.4. The van der Waals surface area contributed by atoms with Gasteiger partial charge in [-0.1, -0.05) is 19.9 Å². The van der Waals surface area contributed by atoms with Crippen molar-refractivity contribution in [2.45, 2.75) is 39.5 Å². The monoisotopic (exact) mass is 279 g/mol. The van der Waals surface area contributed by atoms with Gasteiger partial charge < -0.3 is 10.5 Å². The third kappa shape index (κ3) is 3.51. The van der Waals surface area contributed by atoms with E-state index >= 15 is 0 Å². The molecule has 0 bridgehead atoms. The maximum atomic E-state index is 13.8. The molecule has 112 valence electrons. The molecule has 0 aromatic heterocycles. The maximum absolute atomic E-state index is 13.8. The topological polar surface area (TPSA) is 35.2 Å². The molecule has 1 aromatic carbocycles. The van der Waals surface area contributed by atoms with E-state index in [-0.39, 0.29) is 5.82 Å². The predicted molar refractivity (Wildman–Crippen MR) is 80.3 cm³/mol. The number of hydrogen-bond acceptors (Lipinski definition) is 2. The molecule has 20 heavy (non-hydrogen) atoms. The molecule has 1 aliphatic rings. The molecular weight excluding hydrogens is 253 g/mol. The van der Waals surface area contributed by atoms with E-state index in [0.29, 0.717) is 23.0 Å². The molecule has 1 fully saturated rings. The average Bonchev–Trinajstić information content (AvgIpc) is 2.38. The fraction of sp³-hybridized carbons (Fsp3) is 0.647. The number of ether oxygens (including phenoxy) is 1. The second-order valence-electron chi connectivity index (χ2n) is 6.84. The van der Waals surface area contributed by atoms with Crippen LogP contribution in [0.4, 0.5) is 4.39 Å². The predicted octanol–water partition coefficient (Wildman–Crippen LogP) is 3.78. The van der Waals surface area contributed by atoms with E-state index in [1.54, 1.807) is 12.1 Å². The van der Waals surface area contributed by atoms with Gasteiger partial charge >= 0.3 is 0 Å². The van der Waals surface area contributed by atoms with Crippen LogP contribution in [0.25, 0.3) is 0 Å². The first-order chi connectivity index (χ1) is 9.45. The lowest BCUT2D eigenvalue weighted by atomic mass is 9.65. The van der Waals surface area contributed by atoms with E-state index in [0.717, 1.165) is 18.5 Å². The first-order valence-corrected chi connectivity index (χ1v) is 7.47. The minimum Gasteiger partial charge on any atom is -0.494 e. The van der Waals surface area contributed by atoms with Gasteiger partial charge in [0.25, 0.3) is 0 Å². The van der Waals surface area contributed by atoms with Crippen molar-refractivity contribution >= 4 is 0 Å². The largest absolute Gasteiger partial charge is 0.494 e. The molecule has 0 amide bonds. The number of rotatable bonds is 4. The average molecular weight is 279 g/mol. The summed E-state index contributed by atoms with van der Waals surface area (Å²) < 4.78 is 18.8. The zero-order valence-electron chi connectivity index (χ0n) is 12.8. The van der Waals surface area contributed by atoms with Crippen molar-refractivity contribution in [1.82, 2.24) is 0 Å². The highest BCUT2D eigenvalue weighted by molar-refractivity contribution is 5.29. The Morgan fingerprint density at radius 3 is 2.70 bits per heavy atom. The molecular formula is C17H26FNO. The van der Waals surface area contributed by atoms with E-state index in [4.69, 9.17) is 10.5 Å². The van der Waals surface area contributed by atoms with Crippen LogP contribution >= 0.6 is 0 Å². The van der Waals surface area contributed by atoms with Crippen LogP contribution < -0.4 is 10.5 Å². The first kappa shape index (κ1) is 15.3. The Labute approximate surface area is 121 Å². The Kier molecular flexibility index (Phi) is 4.69. The molecule has 2 atom stereocenters. The van der Waals surface area contributed by atoms with E-state index in [2.05, 4.69) is 13.8 Å².